The number of hydrogen-bond acceptors (Lipinski definition) is 4. The zero-order chi connectivity index (χ0) is 9.80. The van der Waals surface area contributed by atoms with Crippen LogP contribution in [-0.2, 0) is 13.1 Å². The van der Waals surface area contributed by atoms with Gasteiger partial charge in [-0.3, -0.25) is 5.10 Å². The Kier molecular flexibility index (Phi) is 2.90. The van der Waals surface area contributed by atoms with Crippen molar-refractivity contribution in [3.8, 4) is 0 Å². The molecule has 0 amide bonds. The fourth-order valence-electron chi connectivity index (χ4n) is 1.19. The van der Waals surface area contributed by atoms with Crippen LogP contribution in [0.15, 0.2) is 17.8 Å². The van der Waals surface area contributed by atoms with E-state index >= 15 is 0 Å². The lowest BCUT2D eigenvalue weighted by Gasteiger charge is -2.00. The molecule has 0 bridgehead atoms. The molecule has 2 rings (SSSR count). The molecule has 0 fully saturated rings. The first-order valence-electron chi connectivity index (χ1n) is 4.44. The Morgan fingerprint density at radius 1 is 1.50 bits per heavy atom. The number of aryl methyl sites for hydroxylation is 1. The number of nitrogens with one attached hydrogen (secondary N) is 2. The topological polar surface area (TPSA) is 53.6 Å². The number of hydrogen-bond donors (Lipinski definition) is 2. The highest BCUT2D eigenvalue weighted by Crippen LogP contribution is 2.11. The third-order valence-electron chi connectivity index (χ3n) is 2.00. The summed E-state index contributed by atoms with van der Waals surface area (Å²) in [5.41, 5.74) is 4.10. The summed E-state index contributed by atoms with van der Waals surface area (Å²) >= 11 is 1.69. The van der Waals surface area contributed by atoms with E-state index < -0.39 is 0 Å². The van der Waals surface area contributed by atoms with Crippen molar-refractivity contribution in [1.82, 2.24) is 20.5 Å². The minimum Gasteiger partial charge on any atom is -0.306 e. The highest BCUT2D eigenvalue weighted by Gasteiger charge is 2.00. The van der Waals surface area contributed by atoms with Crippen LogP contribution in [-0.4, -0.2) is 15.2 Å². The molecular formula is C9H12N4S. The van der Waals surface area contributed by atoms with E-state index in [1.165, 1.54) is 4.88 Å². The van der Waals surface area contributed by atoms with E-state index in [2.05, 4.69) is 20.5 Å². The van der Waals surface area contributed by atoms with Crippen molar-refractivity contribution in [2.45, 2.75) is 20.0 Å². The Labute approximate surface area is 86.4 Å². The maximum absolute atomic E-state index is 4.19. The normalized spacial score (nSPS) is 10.6. The zero-order valence-electron chi connectivity index (χ0n) is 7.95. The van der Waals surface area contributed by atoms with E-state index in [1.54, 1.807) is 17.5 Å². The van der Waals surface area contributed by atoms with Crippen molar-refractivity contribution >= 4 is 11.3 Å². The van der Waals surface area contributed by atoms with E-state index in [4.69, 9.17) is 0 Å². The first-order valence-corrected chi connectivity index (χ1v) is 5.32. The van der Waals surface area contributed by atoms with Gasteiger partial charge in [0.1, 0.15) is 0 Å². The monoisotopic (exact) mass is 208 g/mol. The van der Waals surface area contributed by atoms with Crippen molar-refractivity contribution in [2.24, 2.45) is 0 Å². The van der Waals surface area contributed by atoms with Gasteiger partial charge in [-0.05, 0) is 13.0 Å². The van der Waals surface area contributed by atoms with Crippen LogP contribution in [0.1, 0.15) is 16.3 Å². The lowest BCUT2D eigenvalue weighted by molar-refractivity contribution is 0.681. The summed E-state index contributed by atoms with van der Waals surface area (Å²) in [6.45, 7) is 3.72. The molecule has 0 saturated heterocycles. The van der Waals surface area contributed by atoms with Crippen LogP contribution < -0.4 is 5.32 Å². The summed E-state index contributed by atoms with van der Waals surface area (Å²) in [4.78, 5) is 5.49. The average Bonchev–Trinajstić information content (AvgIpc) is 2.78. The second-order valence-electron chi connectivity index (χ2n) is 3.05. The van der Waals surface area contributed by atoms with Gasteiger partial charge in [0.05, 0.1) is 11.2 Å². The summed E-state index contributed by atoms with van der Waals surface area (Å²) in [7, 11) is 0. The van der Waals surface area contributed by atoms with Crippen LogP contribution >= 0.6 is 11.3 Å². The van der Waals surface area contributed by atoms with Gasteiger partial charge in [-0.2, -0.15) is 5.10 Å². The maximum Gasteiger partial charge on any atom is 0.0798 e. The molecule has 2 N–H and O–H groups in total. The summed E-state index contributed by atoms with van der Waals surface area (Å²) in [5.74, 6) is 0. The fraction of sp³-hybridized carbons (Fsp3) is 0.333. The smallest absolute Gasteiger partial charge is 0.0798 e. The number of thiazole rings is 1. The summed E-state index contributed by atoms with van der Waals surface area (Å²) < 4.78 is 0. The lowest BCUT2D eigenvalue weighted by Crippen LogP contribution is -2.12. The standard InChI is InChI=1S/C9H12N4S/c1-7-9(14-6-11-7)5-10-4-8-2-3-12-13-8/h2-3,6,10H,4-5H2,1H3,(H,12,13). The summed E-state index contributed by atoms with van der Waals surface area (Å²) in [5, 5.41) is 10.1. The average molecular weight is 208 g/mol. The van der Waals surface area contributed by atoms with Gasteiger partial charge in [-0.25, -0.2) is 4.98 Å². The van der Waals surface area contributed by atoms with Gasteiger partial charge in [0.15, 0.2) is 0 Å². The van der Waals surface area contributed by atoms with Crippen LogP contribution in [0.25, 0.3) is 0 Å². The molecule has 0 radical (unpaired) electrons. The molecule has 0 aliphatic carbocycles. The van der Waals surface area contributed by atoms with E-state index in [1.807, 2.05) is 18.5 Å². The SMILES string of the molecule is Cc1ncsc1CNCc1ccn[nH]1. The van der Waals surface area contributed by atoms with Gasteiger partial charge >= 0.3 is 0 Å². The van der Waals surface area contributed by atoms with Gasteiger partial charge in [0.25, 0.3) is 0 Å². The molecule has 2 aromatic rings. The predicted molar refractivity (Wildman–Crippen MR) is 56.0 cm³/mol. The van der Waals surface area contributed by atoms with Gasteiger partial charge in [0.2, 0.25) is 0 Å². The maximum atomic E-state index is 4.19. The molecule has 2 heterocycles. The van der Waals surface area contributed by atoms with E-state index in [0.717, 1.165) is 24.5 Å². The molecular weight excluding hydrogens is 196 g/mol. The Bertz CT molecular complexity index is 379. The molecule has 5 heteroatoms. The van der Waals surface area contributed by atoms with Gasteiger partial charge in [0, 0.05) is 29.9 Å². The first kappa shape index (κ1) is 9.36. The van der Waals surface area contributed by atoms with Crippen LogP contribution in [0.5, 0.6) is 0 Å². The molecule has 2 aromatic heterocycles. The Hall–Kier alpha value is -1.20. The van der Waals surface area contributed by atoms with Gasteiger partial charge < -0.3 is 5.32 Å². The molecule has 0 spiro atoms. The van der Waals surface area contributed by atoms with E-state index in [9.17, 15) is 0 Å². The highest BCUT2D eigenvalue weighted by molar-refractivity contribution is 7.09. The fourth-order valence-corrected chi connectivity index (χ4v) is 1.94. The molecule has 0 saturated carbocycles. The van der Waals surface area contributed by atoms with Gasteiger partial charge in [-0.15, -0.1) is 11.3 Å². The quantitative estimate of drug-likeness (QED) is 0.800. The molecule has 0 unspecified atom stereocenters. The zero-order valence-corrected chi connectivity index (χ0v) is 8.77. The Balaban J connectivity index is 1.81. The number of aromatic amines is 1. The van der Waals surface area contributed by atoms with Crippen molar-refractivity contribution in [3.05, 3.63) is 34.0 Å². The lowest BCUT2D eigenvalue weighted by atomic mass is 10.4. The Morgan fingerprint density at radius 2 is 2.43 bits per heavy atom. The molecule has 0 aliphatic heterocycles. The Morgan fingerprint density at radius 3 is 3.07 bits per heavy atom. The van der Waals surface area contributed by atoms with E-state index in [0.29, 0.717) is 0 Å². The largest absolute Gasteiger partial charge is 0.306 e. The van der Waals surface area contributed by atoms with Crippen molar-refractivity contribution in [2.75, 3.05) is 0 Å². The van der Waals surface area contributed by atoms with Crippen LogP contribution in [0.4, 0.5) is 0 Å². The minimum atomic E-state index is 0.817. The number of aromatic nitrogens is 3. The number of rotatable bonds is 4. The molecule has 0 aliphatic rings. The summed E-state index contributed by atoms with van der Waals surface area (Å²) in [6.07, 6.45) is 1.76. The molecule has 74 valence electrons. The third kappa shape index (κ3) is 2.18. The molecule has 0 aromatic carbocycles. The highest BCUT2D eigenvalue weighted by atomic mass is 32.1. The van der Waals surface area contributed by atoms with Crippen LogP contribution in [0, 0.1) is 6.92 Å². The first-order chi connectivity index (χ1) is 6.86. The van der Waals surface area contributed by atoms with Crippen molar-refractivity contribution in [1.29, 1.82) is 0 Å². The van der Waals surface area contributed by atoms with Gasteiger partial charge in [-0.1, -0.05) is 0 Å². The third-order valence-corrected chi connectivity index (χ3v) is 2.94. The predicted octanol–water partition coefficient (Wildman–Crippen LogP) is 1.46. The minimum absolute atomic E-state index is 0.817. The number of nitrogens with zero attached hydrogens (tertiary/aromatic N) is 2. The summed E-state index contributed by atoms with van der Waals surface area (Å²) in [6, 6.07) is 1.96. The van der Waals surface area contributed by atoms with Crippen molar-refractivity contribution < 1.29 is 0 Å². The molecule has 4 nitrogen and oxygen atoms in total. The second-order valence-corrected chi connectivity index (χ2v) is 3.99. The van der Waals surface area contributed by atoms with E-state index in [-0.39, 0.29) is 0 Å². The van der Waals surface area contributed by atoms with Crippen molar-refractivity contribution in [3.63, 3.8) is 0 Å². The molecule has 14 heavy (non-hydrogen) atoms. The van der Waals surface area contributed by atoms with Crippen LogP contribution in [0.3, 0.4) is 0 Å². The molecule has 0 atom stereocenters. The second kappa shape index (κ2) is 4.34. The van der Waals surface area contributed by atoms with Crippen LogP contribution in [0.2, 0.25) is 0 Å². The number of H-pyrrole nitrogens is 1.